The number of thiophene rings is 5. The van der Waals surface area contributed by atoms with Gasteiger partial charge in [0.1, 0.15) is 0 Å². The average molecular weight is 1210 g/mol. The Labute approximate surface area is 481 Å². The van der Waals surface area contributed by atoms with E-state index in [1.165, 1.54) is 197 Å². The molecular weight excluding hydrogens is 1140 g/mol. The topological polar surface area (TPSA) is 36.9 Å². The van der Waals surface area contributed by atoms with E-state index in [0.717, 1.165) is 10.9 Å². The van der Waals surface area contributed by atoms with E-state index in [0.29, 0.717) is 26.4 Å². The Kier molecular flexibility index (Phi) is 21.5. The van der Waals surface area contributed by atoms with Crippen molar-refractivity contribution in [3.63, 3.8) is 0 Å². The van der Waals surface area contributed by atoms with Gasteiger partial charge in [-0.25, -0.2) is 0 Å². The number of unbranched alkanes of at least 4 members (excludes halogenated alkanes) is 12. The zero-order valence-electron chi connectivity index (χ0n) is 44.1. The van der Waals surface area contributed by atoms with E-state index in [9.17, 15) is 0 Å². The molecule has 0 spiro atoms. The quantitative estimate of drug-likeness (QED) is 0.0400. The largest absolute Gasteiger partial charge is 0.494 e. The van der Waals surface area contributed by atoms with Crippen LogP contribution >= 0.6 is 88.5 Å². The molecule has 392 valence electrons. The minimum absolute atomic E-state index is 0.0232. The van der Waals surface area contributed by atoms with Gasteiger partial charge in [-0.15, -0.1) is 56.7 Å². The van der Waals surface area contributed by atoms with Crippen LogP contribution in [0.5, 0.6) is 0 Å². The SMILES string of the molecule is CCCCCCC1(CCCCCC)c2cc(B3OCCO3)ccc2-c2ccc(B3OCCO3)cc21.CCCCCCc1c(-c2ccc(-c3ccc(Br)s3)s2)sc(-c2ccc(-c3ccc(Br)s3)s2)c1CCCCCC. The number of rotatable bonds is 26. The predicted octanol–water partition coefficient (Wildman–Crippen LogP) is 19.8. The highest BCUT2D eigenvalue weighted by atomic mass is 79.9. The highest BCUT2D eigenvalue weighted by Crippen LogP contribution is 2.54. The lowest BCUT2D eigenvalue weighted by atomic mass is 9.67. The van der Waals surface area contributed by atoms with Crippen LogP contribution in [0.3, 0.4) is 0 Å². The number of benzene rings is 2. The summed E-state index contributed by atoms with van der Waals surface area (Å²) >= 11 is 16.9. The molecule has 0 saturated carbocycles. The van der Waals surface area contributed by atoms with E-state index in [1.54, 1.807) is 11.1 Å². The van der Waals surface area contributed by atoms with Gasteiger partial charge < -0.3 is 18.6 Å². The molecule has 3 aliphatic rings. The van der Waals surface area contributed by atoms with Gasteiger partial charge in [-0.1, -0.05) is 154 Å². The van der Waals surface area contributed by atoms with E-state index < -0.39 is 0 Å². The molecule has 2 aromatic carbocycles. The Bertz CT molecular complexity index is 2660. The molecule has 13 heteroatoms. The molecule has 4 nitrogen and oxygen atoms in total. The molecule has 1 aliphatic carbocycles. The van der Waals surface area contributed by atoms with E-state index in [2.05, 4.69) is 156 Å². The maximum Gasteiger partial charge on any atom is 0.494 e. The molecule has 0 amide bonds. The second-order valence-electron chi connectivity index (χ2n) is 20.3. The van der Waals surface area contributed by atoms with Gasteiger partial charge in [-0.05, 0) is 163 Å². The van der Waals surface area contributed by atoms with Crippen LogP contribution in [0.25, 0.3) is 50.1 Å². The highest BCUT2D eigenvalue weighted by molar-refractivity contribution is 9.11. The first kappa shape index (κ1) is 56.6. The Morgan fingerprint density at radius 3 is 1.15 bits per heavy atom. The van der Waals surface area contributed by atoms with Crippen LogP contribution in [0.4, 0.5) is 0 Å². The molecule has 5 aromatic heterocycles. The van der Waals surface area contributed by atoms with Crippen LogP contribution in [0.2, 0.25) is 0 Å². The highest BCUT2D eigenvalue weighted by Gasteiger charge is 2.44. The number of hydrogen-bond donors (Lipinski definition) is 0. The maximum atomic E-state index is 5.90. The zero-order chi connectivity index (χ0) is 51.3. The summed E-state index contributed by atoms with van der Waals surface area (Å²) in [6.07, 6.45) is 25.4. The average Bonchev–Trinajstić information content (AvgIpc) is 4.27. The molecule has 74 heavy (non-hydrogen) atoms. The minimum atomic E-state index is -0.238. The van der Waals surface area contributed by atoms with E-state index in [1.807, 2.05) is 45.3 Å². The third-order valence-electron chi connectivity index (χ3n) is 15.1. The van der Waals surface area contributed by atoms with Crippen molar-refractivity contribution in [1.82, 2.24) is 0 Å². The summed E-state index contributed by atoms with van der Waals surface area (Å²) in [5, 5.41) is 0. The summed E-state index contributed by atoms with van der Waals surface area (Å²) in [5.41, 5.74) is 11.3. The Hall–Kier alpha value is -2.13. The summed E-state index contributed by atoms with van der Waals surface area (Å²) in [7, 11) is -0.476. The van der Waals surface area contributed by atoms with E-state index in [4.69, 9.17) is 18.6 Å². The van der Waals surface area contributed by atoms with Crippen LogP contribution in [0.15, 0.2) is 92.5 Å². The van der Waals surface area contributed by atoms with Crippen molar-refractivity contribution >= 4 is 114 Å². The fraction of sp³-hybridized carbons (Fsp3) is 0.475. The van der Waals surface area contributed by atoms with Gasteiger partial charge >= 0.3 is 14.2 Å². The number of halogens is 2. The molecular formula is C61H74B2Br2O4S5. The third-order valence-corrected chi connectivity index (χ3v) is 22.5. The van der Waals surface area contributed by atoms with Crippen LogP contribution in [0, 0.1) is 0 Å². The standard InChI is InChI=1S/C32H34Br2S5.C29H40B2O4/c1-3-5-7-9-11-21-22(12-10-8-6-4-2)32(28-16-14-24(36-28)26-18-20-30(34)38-26)39-31(21)27-15-13-23(35-27)25-17-19-29(33)37-25;1-3-5-7-9-15-29(16-10-8-6-4-2)27-21-23(30-32-17-18-33-30)11-13-25(27)26-14-12-24(22-28(26)29)31-34-19-20-35-31/h13-20H,3-12H2,1-2H3;11-14,21-22H,3-10,15-20H2,1-2H3. The second-order valence-corrected chi connectivity index (χ2v) is 28.4. The Morgan fingerprint density at radius 1 is 0.405 bits per heavy atom. The minimum Gasteiger partial charge on any atom is -0.405 e. The van der Waals surface area contributed by atoms with Crippen LogP contribution in [-0.2, 0) is 36.9 Å². The second kappa shape index (κ2) is 28.1. The summed E-state index contributed by atoms with van der Waals surface area (Å²) in [5.74, 6) is 0. The lowest BCUT2D eigenvalue weighted by molar-refractivity contribution is 0.365. The van der Waals surface area contributed by atoms with Crippen molar-refractivity contribution in [1.29, 1.82) is 0 Å². The normalized spacial score (nSPS) is 14.8. The smallest absolute Gasteiger partial charge is 0.405 e. The Morgan fingerprint density at radius 2 is 0.770 bits per heavy atom. The predicted molar refractivity (Wildman–Crippen MR) is 333 cm³/mol. The summed E-state index contributed by atoms with van der Waals surface area (Å²) < 4.78 is 26.0. The number of fused-ring (bicyclic) bond motifs is 3. The third kappa shape index (κ3) is 13.6. The molecule has 0 atom stereocenters. The van der Waals surface area contributed by atoms with Crippen LogP contribution in [-0.4, -0.2) is 40.7 Å². The van der Waals surface area contributed by atoms with E-state index >= 15 is 0 Å². The van der Waals surface area contributed by atoms with Gasteiger partial charge in [0.05, 0.1) is 34.0 Å². The molecule has 0 radical (unpaired) electrons. The summed E-state index contributed by atoms with van der Waals surface area (Å²) in [6, 6.07) is 32.1. The van der Waals surface area contributed by atoms with Gasteiger partial charge in [-0.3, -0.25) is 0 Å². The molecule has 2 saturated heterocycles. The van der Waals surface area contributed by atoms with Crippen LogP contribution in [0.1, 0.15) is 166 Å². The van der Waals surface area contributed by atoms with Crippen molar-refractivity contribution in [3.8, 4) is 50.1 Å². The summed E-state index contributed by atoms with van der Waals surface area (Å²) in [6.45, 7) is 11.9. The van der Waals surface area contributed by atoms with Crippen molar-refractivity contribution in [3.05, 3.63) is 115 Å². The molecule has 0 N–H and O–H groups in total. The van der Waals surface area contributed by atoms with Gasteiger partial charge in [-0.2, -0.15) is 0 Å². The molecule has 2 aliphatic heterocycles. The monoisotopic (exact) mass is 1210 g/mol. The first-order valence-electron chi connectivity index (χ1n) is 28.0. The molecule has 0 unspecified atom stereocenters. The van der Waals surface area contributed by atoms with Gasteiger partial charge in [0.2, 0.25) is 0 Å². The molecule has 7 aromatic rings. The first-order valence-corrected chi connectivity index (χ1v) is 33.6. The fourth-order valence-electron chi connectivity index (χ4n) is 11.3. The van der Waals surface area contributed by atoms with Crippen molar-refractivity contribution in [2.24, 2.45) is 0 Å². The van der Waals surface area contributed by atoms with Gasteiger partial charge in [0, 0.05) is 44.4 Å². The van der Waals surface area contributed by atoms with Crippen molar-refractivity contribution < 1.29 is 18.6 Å². The molecule has 10 rings (SSSR count). The number of hydrogen-bond acceptors (Lipinski definition) is 9. The maximum absolute atomic E-state index is 5.90. The molecule has 0 bridgehead atoms. The van der Waals surface area contributed by atoms with Gasteiger partial charge in [0.25, 0.3) is 0 Å². The lowest BCUT2D eigenvalue weighted by Gasteiger charge is -2.33. The molecule has 7 heterocycles. The van der Waals surface area contributed by atoms with Crippen molar-refractivity contribution in [2.45, 2.75) is 162 Å². The van der Waals surface area contributed by atoms with Crippen LogP contribution < -0.4 is 10.9 Å². The first-order chi connectivity index (χ1) is 36.3. The summed E-state index contributed by atoms with van der Waals surface area (Å²) in [4.78, 5) is 11.4. The van der Waals surface area contributed by atoms with Crippen molar-refractivity contribution in [2.75, 3.05) is 26.4 Å². The fourth-order valence-corrected chi connectivity index (χ4v) is 17.9. The van der Waals surface area contributed by atoms with Gasteiger partial charge in [0.15, 0.2) is 0 Å². The Balaban J connectivity index is 0.000000183. The lowest BCUT2D eigenvalue weighted by Crippen LogP contribution is -2.35. The molecule has 2 fully saturated rings. The van der Waals surface area contributed by atoms with E-state index in [-0.39, 0.29) is 19.7 Å². The zero-order valence-corrected chi connectivity index (χ0v) is 51.4.